The molecule has 2 fully saturated rings. The van der Waals surface area contributed by atoms with Gasteiger partial charge in [-0.25, -0.2) is 15.0 Å². The quantitative estimate of drug-likeness (QED) is 0.479. The molecule has 0 radical (unpaired) electrons. The summed E-state index contributed by atoms with van der Waals surface area (Å²) in [5.74, 6) is -0.745. The van der Waals surface area contributed by atoms with Gasteiger partial charge in [-0.3, -0.25) is 9.69 Å². The Balaban J connectivity index is 1.32. The fraction of sp³-hybridized carbons (Fsp3) is 0.462. The van der Waals surface area contributed by atoms with Crippen molar-refractivity contribution in [2.75, 3.05) is 51.4 Å². The molecule has 0 saturated carbocycles. The summed E-state index contributed by atoms with van der Waals surface area (Å²) in [6.07, 6.45) is -0.440. The van der Waals surface area contributed by atoms with E-state index in [0.717, 1.165) is 31.9 Å². The van der Waals surface area contributed by atoms with Crippen LogP contribution in [-0.2, 0) is 15.7 Å². The van der Waals surface area contributed by atoms with Crippen molar-refractivity contribution in [2.45, 2.75) is 31.1 Å². The van der Waals surface area contributed by atoms with Gasteiger partial charge < -0.3 is 20.1 Å². The molecule has 5 rings (SSSR count). The molecule has 1 atom stereocenters. The maximum absolute atomic E-state index is 13.3. The van der Waals surface area contributed by atoms with E-state index < -0.39 is 18.0 Å². The minimum absolute atomic E-state index is 0.167. The molecule has 2 aliphatic heterocycles. The van der Waals surface area contributed by atoms with Crippen LogP contribution >= 0.6 is 0 Å². The molecule has 12 heteroatoms. The molecule has 1 amide bonds. The first kappa shape index (κ1) is 26.3. The normalized spacial score (nSPS) is 18.3. The summed E-state index contributed by atoms with van der Waals surface area (Å²) in [6.45, 7) is 3.74. The smallest absolute Gasteiger partial charge is 0.381 e. The first-order valence-corrected chi connectivity index (χ1v) is 12.6. The van der Waals surface area contributed by atoms with Gasteiger partial charge in [0.15, 0.2) is 0 Å². The molecule has 2 N–H and O–H groups in total. The number of benzene rings is 1. The number of alkyl halides is 3. The Morgan fingerprint density at radius 1 is 1.03 bits per heavy atom. The van der Waals surface area contributed by atoms with Crippen LogP contribution < -0.4 is 10.6 Å². The third kappa shape index (κ3) is 6.20. The Labute approximate surface area is 217 Å². The van der Waals surface area contributed by atoms with Crippen LogP contribution in [0.3, 0.4) is 0 Å². The number of nitrogens with one attached hydrogen (secondary N) is 2. The first-order valence-electron chi connectivity index (χ1n) is 12.6. The minimum atomic E-state index is -4.62. The van der Waals surface area contributed by atoms with Crippen LogP contribution in [0.2, 0.25) is 0 Å². The molecule has 202 valence electrons. The largest absolute Gasteiger partial charge is 0.451 e. The Morgan fingerprint density at radius 2 is 1.74 bits per heavy atom. The van der Waals surface area contributed by atoms with Crippen LogP contribution in [0.25, 0.3) is 10.9 Å². The summed E-state index contributed by atoms with van der Waals surface area (Å²) in [6, 6.07) is 9.01. The van der Waals surface area contributed by atoms with Gasteiger partial charge >= 0.3 is 6.18 Å². The molecule has 0 aliphatic carbocycles. The number of fused-ring (bicyclic) bond motifs is 1. The fourth-order valence-corrected chi connectivity index (χ4v) is 4.77. The second-order valence-corrected chi connectivity index (χ2v) is 9.31. The van der Waals surface area contributed by atoms with Crippen molar-refractivity contribution in [2.24, 2.45) is 0 Å². The molecule has 38 heavy (non-hydrogen) atoms. The zero-order valence-electron chi connectivity index (χ0n) is 20.7. The number of pyridine rings is 1. The van der Waals surface area contributed by atoms with Crippen molar-refractivity contribution in [3.05, 3.63) is 59.7 Å². The van der Waals surface area contributed by atoms with Crippen molar-refractivity contribution in [1.29, 1.82) is 0 Å². The van der Waals surface area contributed by atoms with Crippen molar-refractivity contribution in [3.8, 4) is 0 Å². The summed E-state index contributed by atoms with van der Waals surface area (Å²) in [5, 5.41) is 7.11. The molecule has 9 nitrogen and oxygen atoms in total. The third-order valence-corrected chi connectivity index (χ3v) is 6.80. The van der Waals surface area contributed by atoms with E-state index in [2.05, 4.69) is 25.5 Å². The van der Waals surface area contributed by atoms with E-state index in [0.29, 0.717) is 54.4 Å². The highest BCUT2D eigenvalue weighted by Crippen LogP contribution is 2.27. The van der Waals surface area contributed by atoms with Crippen LogP contribution in [0.4, 0.5) is 19.0 Å². The molecular weight excluding hydrogens is 501 g/mol. The second-order valence-electron chi connectivity index (χ2n) is 9.31. The second kappa shape index (κ2) is 11.6. The number of rotatable bonds is 7. The van der Waals surface area contributed by atoms with Crippen LogP contribution in [0.15, 0.2) is 42.7 Å². The number of hydrogen-bond acceptors (Lipinski definition) is 8. The third-order valence-electron chi connectivity index (χ3n) is 6.80. The number of carbonyl (C=O) groups excluding carboxylic acids is 1. The lowest BCUT2D eigenvalue weighted by molar-refractivity contribution is -0.145. The number of halogens is 3. The van der Waals surface area contributed by atoms with Gasteiger partial charge in [0.2, 0.25) is 5.82 Å². The number of anilines is 1. The number of nitrogens with zero attached hydrogens (tertiary/aromatic N) is 4. The minimum Gasteiger partial charge on any atom is -0.381 e. The number of aromatic nitrogens is 3. The molecule has 0 spiro atoms. The molecule has 1 aromatic carbocycles. The van der Waals surface area contributed by atoms with Crippen molar-refractivity contribution in [3.63, 3.8) is 0 Å². The van der Waals surface area contributed by atoms with Crippen molar-refractivity contribution < 1.29 is 27.4 Å². The summed E-state index contributed by atoms with van der Waals surface area (Å²) in [7, 11) is 0. The van der Waals surface area contributed by atoms with Crippen molar-refractivity contribution in [1.82, 2.24) is 25.2 Å². The first-order chi connectivity index (χ1) is 18.4. The lowest BCUT2D eigenvalue weighted by atomic mass is 10.1. The molecule has 2 aromatic heterocycles. The topological polar surface area (TPSA) is 102 Å². The Kier molecular flexibility index (Phi) is 8.01. The Morgan fingerprint density at radius 3 is 2.45 bits per heavy atom. The zero-order chi connectivity index (χ0) is 26.5. The standard InChI is InChI=1S/C26H29F3N6O3/c27-26(28,29)25-31-14-17(15-32-25)22(35-8-12-38-13-9-35)16-30-24(36)20-2-1-3-21-19(20)4-5-23(34-21)33-18-6-10-37-11-7-18/h1-5,14-15,18,22H,6-13,16H2,(H,30,36)(H,33,34). The average molecular weight is 531 g/mol. The van der Waals surface area contributed by atoms with Crippen LogP contribution in [0.5, 0.6) is 0 Å². The highest BCUT2D eigenvalue weighted by atomic mass is 19.4. The van der Waals surface area contributed by atoms with Gasteiger partial charge in [-0.05, 0) is 37.1 Å². The number of amides is 1. The SMILES string of the molecule is O=C(NCC(c1cnc(C(F)(F)F)nc1)N1CCOCC1)c1cccc2nc(NC3CCOCC3)ccc12. The van der Waals surface area contributed by atoms with E-state index in [1.54, 1.807) is 12.1 Å². The summed E-state index contributed by atoms with van der Waals surface area (Å²) < 4.78 is 49.7. The van der Waals surface area contributed by atoms with E-state index >= 15 is 0 Å². The van der Waals surface area contributed by atoms with Gasteiger partial charge in [0.25, 0.3) is 5.91 Å². The van der Waals surface area contributed by atoms with E-state index in [1.807, 2.05) is 18.2 Å². The number of hydrogen-bond donors (Lipinski definition) is 2. The molecule has 4 heterocycles. The van der Waals surface area contributed by atoms with Gasteiger partial charge in [0.1, 0.15) is 5.82 Å². The lowest BCUT2D eigenvalue weighted by Gasteiger charge is -2.34. The molecule has 1 unspecified atom stereocenters. The van der Waals surface area contributed by atoms with Crippen molar-refractivity contribution >= 4 is 22.6 Å². The van der Waals surface area contributed by atoms with Gasteiger partial charge in [-0.1, -0.05) is 6.07 Å². The van der Waals surface area contributed by atoms with Crippen LogP contribution in [-0.4, -0.2) is 77.9 Å². The number of morpholine rings is 1. The monoisotopic (exact) mass is 530 g/mol. The zero-order valence-corrected chi connectivity index (χ0v) is 20.7. The lowest BCUT2D eigenvalue weighted by Crippen LogP contribution is -2.44. The Bertz CT molecular complexity index is 1250. The molecule has 2 saturated heterocycles. The maximum Gasteiger partial charge on any atom is 0.451 e. The number of ether oxygens (including phenoxy) is 2. The number of carbonyl (C=O) groups is 1. The average Bonchev–Trinajstić information content (AvgIpc) is 2.93. The summed E-state index contributed by atoms with van der Waals surface area (Å²) in [4.78, 5) is 27.0. The summed E-state index contributed by atoms with van der Waals surface area (Å²) >= 11 is 0. The molecule has 3 aromatic rings. The van der Waals surface area contributed by atoms with Crippen LogP contribution in [0, 0.1) is 0 Å². The van der Waals surface area contributed by atoms with E-state index in [1.165, 1.54) is 12.4 Å². The van der Waals surface area contributed by atoms with Gasteiger partial charge in [-0.2, -0.15) is 13.2 Å². The summed E-state index contributed by atoms with van der Waals surface area (Å²) in [5.41, 5.74) is 1.65. The van der Waals surface area contributed by atoms with Gasteiger partial charge in [-0.15, -0.1) is 0 Å². The van der Waals surface area contributed by atoms with Gasteiger partial charge in [0, 0.05) is 67.8 Å². The predicted octanol–water partition coefficient (Wildman–Crippen LogP) is 3.44. The van der Waals surface area contributed by atoms with Crippen LogP contribution in [0.1, 0.15) is 40.6 Å². The predicted molar refractivity (Wildman–Crippen MR) is 134 cm³/mol. The van der Waals surface area contributed by atoms with Gasteiger partial charge in [0.05, 0.1) is 24.8 Å². The fourth-order valence-electron chi connectivity index (χ4n) is 4.77. The maximum atomic E-state index is 13.3. The molecule has 2 aliphatic rings. The van der Waals surface area contributed by atoms with E-state index in [9.17, 15) is 18.0 Å². The highest BCUT2D eigenvalue weighted by molar-refractivity contribution is 6.06. The van der Waals surface area contributed by atoms with E-state index in [4.69, 9.17) is 14.5 Å². The van der Waals surface area contributed by atoms with E-state index in [-0.39, 0.29) is 12.5 Å². The molecular formula is C26H29F3N6O3. The highest BCUT2D eigenvalue weighted by Gasteiger charge is 2.35. The Hall–Kier alpha value is -3.35. The molecule has 0 bridgehead atoms.